The molecule has 10 heavy (non-hydrogen) atoms. The third-order valence-corrected chi connectivity index (χ3v) is 3.84. The molecule has 0 unspecified atom stereocenters. The quantitative estimate of drug-likeness (QED) is 0.747. The normalized spacial score (nSPS) is 11.0. The van der Waals surface area contributed by atoms with Gasteiger partial charge in [0.15, 0.2) is 0 Å². The van der Waals surface area contributed by atoms with Crippen molar-refractivity contribution in [2.75, 3.05) is 27.2 Å². The number of rotatable bonds is 4. The van der Waals surface area contributed by atoms with E-state index in [9.17, 15) is 0 Å². The predicted molar refractivity (Wildman–Crippen MR) is 41.6 cm³/mol. The molecule has 0 bridgehead atoms. The van der Waals surface area contributed by atoms with Crippen molar-refractivity contribution in [3.05, 3.63) is 0 Å². The summed E-state index contributed by atoms with van der Waals surface area (Å²) in [5, 5.41) is 0. The minimum absolute atomic E-state index is 1.10. The van der Waals surface area contributed by atoms with Gasteiger partial charge in [0.05, 0.1) is 0 Å². The van der Waals surface area contributed by atoms with Crippen LogP contribution >= 0.6 is 0 Å². The van der Waals surface area contributed by atoms with Crippen molar-refractivity contribution in [2.45, 2.75) is 13.8 Å². The molecule has 0 aromatic rings. The summed E-state index contributed by atoms with van der Waals surface area (Å²) in [6.45, 7) is 6.55. The maximum absolute atomic E-state index is 2.28. The molecule has 0 fully saturated rings. The van der Waals surface area contributed by atoms with E-state index in [1.807, 2.05) is 0 Å². The molecule has 0 rings (SSSR count). The zero-order valence-corrected chi connectivity index (χ0v) is 10.2. The third-order valence-electron chi connectivity index (χ3n) is 1.60. The zero-order valence-electron chi connectivity index (χ0n) is 7.22. The van der Waals surface area contributed by atoms with Gasteiger partial charge in [-0.1, -0.05) is 0 Å². The van der Waals surface area contributed by atoms with Crippen LogP contribution in [0.4, 0.5) is 0 Å². The van der Waals surface area contributed by atoms with Gasteiger partial charge in [-0.05, 0) is 0 Å². The van der Waals surface area contributed by atoms with Crippen molar-refractivity contribution in [1.82, 2.24) is 9.80 Å². The van der Waals surface area contributed by atoms with Crippen LogP contribution in [0.25, 0.3) is 0 Å². The molecule has 0 N–H and O–H groups in total. The van der Waals surface area contributed by atoms with Gasteiger partial charge < -0.3 is 0 Å². The summed E-state index contributed by atoms with van der Waals surface area (Å²) >= 11 is 1.55. The van der Waals surface area contributed by atoms with Crippen LogP contribution in [0.2, 0.25) is 0 Å². The second kappa shape index (κ2) is 5.17. The molecular weight excluding hydrogens is 296 g/mol. The molecule has 0 aliphatic heterocycles. The Kier molecular flexibility index (Phi) is 5.42. The SMILES string of the molecule is CCN(C)[C](=[W])N(C)CC. The number of hydrogen-bond donors (Lipinski definition) is 0. The van der Waals surface area contributed by atoms with Gasteiger partial charge in [-0.15, -0.1) is 0 Å². The molecule has 0 aromatic heterocycles. The van der Waals surface area contributed by atoms with Gasteiger partial charge in [-0.25, -0.2) is 0 Å². The van der Waals surface area contributed by atoms with E-state index < -0.39 is 0 Å². The first-order chi connectivity index (χ1) is 4.63. The first-order valence-corrected chi connectivity index (χ1v) is 5.06. The fourth-order valence-corrected chi connectivity index (χ4v) is 1.49. The second-order valence-electron chi connectivity index (χ2n) is 2.31. The fraction of sp³-hybridized carbons (Fsp3) is 0.857. The predicted octanol–water partition coefficient (Wildman–Crippen LogP) is 0.524. The van der Waals surface area contributed by atoms with Crippen LogP contribution < -0.4 is 0 Å². The zero-order chi connectivity index (χ0) is 8.15. The Labute approximate surface area is 74.6 Å². The van der Waals surface area contributed by atoms with Gasteiger partial charge in [-0.3, -0.25) is 0 Å². The Hall–Kier alpha value is 0.478. The van der Waals surface area contributed by atoms with E-state index in [4.69, 9.17) is 0 Å². The van der Waals surface area contributed by atoms with E-state index in [0.717, 1.165) is 13.1 Å². The Balaban J connectivity index is 3.82. The number of hydrogen-bond acceptors (Lipinski definition) is 2. The van der Waals surface area contributed by atoms with E-state index >= 15 is 0 Å². The molecule has 3 heteroatoms. The average Bonchev–Trinajstić information content (AvgIpc) is 2.00. The van der Waals surface area contributed by atoms with Crippen LogP contribution in [-0.4, -0.2) is 41.1 Å². The van der Waals surface area contributed by atoms with Crippen molar-refractivity contribution in [3.8, 4) is 0 Å². The van der Waals surface area contributed by atoms with Gasteiger partial charge in [0.2, 0.25) is 0 Å². The van der Waals surface area contributed by atoms with Crippen molar-refractivity contribution in [1.29, 1.82) is 0 Å². The van der Waals surface area contributed by atoms with Gasteiger partial charge in [0.1, 0.15) is 0 Å². The summed E-state index contributed by atoms with van der Waals surface area (Å²) in [6, 6.07) is 0. The molecule has 0 aliphatic carbocycles. The van der Waals surface area contributed by atoms with Gasteiger partial charge in [0.25, 0.3) is 0 Å². The van der Waals surface area contributed by atoms with E-state index in [-0.39, 0.29) is 0 Å². The van der Waals surface area contributed by atoms with Crippen molar-refractivity contribution in [2.24, 2.45) is 0 Å². The summed E-state index contributed by atoms with van der Waals surface area (Å²) in [5.41, 5.74) is 0. The summed E-state index contributed by atoms with van der Waals surface area (Å²) in [6.07, 6.45) is 0. The van der Waals surface area contributed by atoms with Crippen LogP contribution in [0.1, 0.15) is 13.8 Å². The standard InChI is InChI=1S/C7H16N2.W/c1-5-8(3)7-9(4)6-2;/h5-6H2,1-4H3;. The maximum atomic E-state index is 2.28. The molecule has 60 valence electrons. The first-order valence-electron chi connectivity index (χ1n) is 3.59. The van der Waals surface area contributed by atoms with Crippen LogP contribution in [0.5, 0.6) is 0 Å². The summed E-state index contributed by atoms with van der Waals surface area (Å²) in [7, 11) is 4.27. The molecule has 0 saturated carbocycles. The van der Waals surface area contributed by atoms with Crippen LogP contribution in [0.3, 0.4) is 0 Å². The van der Waals surface area contributed by atoms with E-state index in [2.05, 4.69) is 37.7 Å². The Morgan fingerprint density at radius 2 is 1.40 bits per heavy atom. The summed E-state index contributed by atoms with van der Waals surface area (Å²) in [4.78, 5) is 4.55. The van der Waals surface area contributed by atoms with Crippen LogP contribution in [-0.2, 0) is 19.4 Å². The molecule has 0 radical (unpaired) electrons. The van der Waals surface area contributed by atoms with Crippen molar-refractivity contribution >= 4 is 4.15 Å². The fourth-order valence-electron chi connectivity index (χ4n) is 0.562. The first kappa shape index (κ1) is 10.5. The van der Waals surface area contributed by atoms with Crippen molar-refractivity contribution in [3.63, 3.8) is 0 Å². The topological polar surface area (TPSA) is 6.48 Å². The van der Waals surface area contributed by atoms with Gasteiger partial charge in [-0.2, -0.15) is 0 Å². The monoisotopic (exact) mass is 312 g/mol. The van der Waals surface area contributed by atoms with Crippen LogP contribution in [0.15, 0.2) is 0 Å². The summed E-state index contributed by atoms with van der Waals surface area (Å²) in [5.74, 6) is 0. The van der Waals surface area contributed by atoms with Crippen LogP contribution in [0, 0.1) is 0 Å². The molecular formula is C7H16N2W. The molecule has 0 heterocycles. The van der Waals surface area contributed by atoms with Gasteiger partial charge in [0, 0.05) is 0 Å². The number of nitrogens with zero attached hydrogens (tertiary/aromatic N) is 2. The Morgan fingerprint density at radius 3 is 1.60 bits per heavy atom. The third kappa shape index (κ3) is 3.05. The Morgan fingerprint density at radius 1 is 1.10 bits per heavy atom. The molecule has 0 aromatic carbocycles. The molecule has 0 aliphatic rings. The second-order valence-corrected chi connectivity index (χ2v) is 3.62. The van der Waals surface area contributed by atoms with E-state index in [1.165, 1.54) is 4.15 Å². The van der Waals surface area contributed by atoms with E-state index in [0.29, 0.717) is 0 Å². The molecule has 0 amide bonds. The Bertz CT molecular complexity index is 102. The van der Waals surface area contributed by atoms with Crippen molar-refractivity contribution < 1.29 is 19.4 Å². The van der Waals surface area contributed by atoms with Gasteiger partial charge >= 0.3 is 74.3 Å². The minimum atomic E-state index is 1.10. The molecule has 0 spiro atoms. The van der Waals surface area contributed by atoms with E-state index in [1.54, 1.807) is 19.4 Å². The average molecular weight is 312 g/mol. The molecule has 0 saturated heterocycles. The molecule has 0 atom stereocenters. The summed E-state index contributed by atoms with van der Waals surface area (Å²) < 4.78 is 1.42. The molecule has 2 nitrogen and oxygen atoms in total.